The Balaban J connectivity index is 2.50. The number of rotatable bonds is 6. The van der Waals surface area contributed by atoms with Crippen LogP contribution in [-0.2, 0) is 9.53 Å². The fourth-order valence-electron chi connectivity index (χ4n) is 2.63. The number of methoxy groups -OCH3 is 1. The van der Waals surface area contributed by atoms with E-state index in [1.807, 2.05) is 13.0 Å². The van der Waals surface area contributed by atoms with Crippen LogP contribution in [0.15, 0.2) is 29.5 Å². The monoisotopic (exact) mass is 368 g/mol. The first-order valence-corrected chi connectivity index (χ1v) is 8.61. The van der Waals surface area contributed by atoms with Gasteiger partial charge in [-0.2, -0.15) is 0 Å². The molecule has 5 nitrogen and oxygen atoms in total. The minimum absolute atomic E-state index is 0.308. The van der Waals surface area contributed by atoms with Crippen molar-refractivity contribution in [3.8, 4) is 5.75 Å². The maximum absolute atomic E-state index is 12.5. The molecular weight excluding hydrogens is 348 g/mol. The van der Waals surface area contributed by atoms with E-state index in [1.165, 1.54) is 0 Å². The zero-order chi connectivity index (χ0) is 17.7. The summed E-state index contributed by atoms with van der Waals surface area (Å²) in [5, 5.41) is 7.17. The van der Waals surface area contributed by atoms with Gasteiger partial charge in [0.1, 0.15) is 5.75 Å². The number of hydrogen-bond acceptors (Lipinski definition) is 4. The predicted molar refractivity (Wildman–Crippen MR) is 98.2 cm³/mol. The average molecular weight is 369 g/mol. The number of esters is 1. The van der Waals surface area contributed by atoms with Gasteiger partial charge in [0.15, 0.2) is 5.11 Å². The van der Waals surface area contributed by atoms with Crippen LogP contribution in [0.2, 0.25) is 5.02 Å². The highest BCUT2D eigenvalue weighted by molar-refractivity contribution is 7.80. The van der Waals surface area contributed by atoms with Crippen molar-refractivity contribution in [2.45, 2.75) is 32.7 Å². The molecule has 1 atom stereocenters. The number of allylic oxidation sites excluding steroid dienone is 1. The van der Waals surface area contributed by atoms with Crippen LogP contribution in [0.25, 0.3) is 0 Å². The van der Waals surface area contributed by atoms with Gasteiger partial charge in [0, 0.05) is 5.70 Å². The van der Waals surface area contributed by atoms with Crippen molar-refractivity contribution in [1.82, 2.24) is 10.6 Å². The smallest absolute Gasteiger partial charge is 0.338 e. The zero-order valence-electron chi connectivity index (χ0n) is 13.9. The summed E-state index contributed by atoms with van der Waals surface area (Å²) in [5.41, 5.74) is 2.14. The molecule has 1 aromatic rings. The lowest BCUT2D eigenvalue weighted by molar-refractivity contribution is -0.139. The Morgan fingerprint density at radius 3 is 2.71 bits per heavy atom. The molecule has 0 aliphatic carbocycles. The number of ether oxygens (including phenoxy) is 2. The van der Waals surface area contributed by atoms with Crippen LogP contribution in [0, 0.1) is 0 Å². The molecule has 0 bridgehead atoms. The van der Waals surface area contributed by atoms with Gasteiger partial charge in [-0.1, -0.05) is 31.0 Å². The molecule has 0 radical (unpaired) electrons. The molecule has 1 aromatic carbocycles. The Hall–Kier alpha value is -1.79. The minimum Gasteiger partial charge on any atom is -0.495 e. The molecule has 0 fully saturated rings. The first kappa shape index (κ1) is 18.5. The van der Waals surface area contributed by atoms with Crippen LogP contribution in [-0.4, -0.2) is 24.8 Å². The molecular formula is C17H21ClN2O3S. The Kier molecular flexibility index (Phi) is 6.45. The van der Waals surface area contributed by atoms with Crippen LogP contribution >= 0.6 is 23.8 Å². The molecule has 0 saturated carbocycles. The van der Waals surface area contributed by atoms with Gasteiger partial charge in [-0.3, -0.25) is 0 Å². The lowest BCUT2D eigenvalue weighted by atomic mass is 9.94. The van der Waals surface area contributed by atoms with Crippen LogP contribution in [0.5, 0.6) is 5.75 Å². The molecule has 0 aromatic heterocycles. The van der Waals surface area contributed by atoms with E-state index in [2.05, 4.69) is 10.6 Å². The summed E-state index contributed by atoms with van der Waals surface area (Å²) in [5.74, 6) is 0.216. The van der Waals surface area contributed by atoms with Crippen molar-refractivity contribution < 1.29 is 14.3 Å². The normalized spacial score (nSPS) is 17.2. The van der Waals surface area contributed by atoms with E-state index in [0.29, 0.717) is 34.5 Å². The highest BCUT2D eigenvalue weighted by Crippen LogP contribution is 2.33. The quantitative estimate of drug-likeness (QED) is 0.592. The highest BCUT2D eigenvalue weighted by atomic mass is 35.5. The second kappa shape index (κ2) is 8.35. The lowest BCUT2D eigenvalue weighted by Crippen LogP contribution is -2.45. The molecule has 0 unspecified atom stereocenters. The number of carbonyl (C=O) groups excluding carboxylic acids is 1. The van der Waals surface area contributed by atoms with E-state index in [-0.39, 0.29) is 5.97 Å². The molecule has 2 N–H and O–H groups in total. The number of benzene rings is 1. The summed E-state index contributed by atoms with van der Waals surface area (Å²) in [6, 6.07) is 4.99. The summed E-state index contributed by atoms with van der Waals surface area (Å²) < 4.78 is 10.4. The number of hydrogen-bond donors (Lipinski definition) is 2. The molecule has 0 amide bonds. The second-order valence-electron chi connectivity index (χ2n) is 5.29. The molecule has 1 heterocycles. The van der Waals surface area contributed by atoms with Gasteiger partial charge in [0.2, 0.25) is 0 Å². The van der Waals surface area contributed by atoms with Crippen molar-refractivity contribution in [2.24, 2.45) is 0 Å². The first-order chi connectivity index (χ1) is 11.5. The molecule has 1 aliphatic rings. The summed E-state index contributed by atoms with van der Waals surface area (Å²) in [7, 11) is 1.56. The Morgan fingerprint density at radius 2 is 2.12 bits per heavy atom. The van der Waals surface area contributed by atoms with Gasteiger partial charge < -0.3 is 20.1 Å². The largest absolute Gasteiger partial charge is 0.495 e. The Bertz CT molecular complexity index is 676. The zero-order valence-corrected chi connectivity index (χ0v) is 15.5. The van der Waals surface area contributed by atoms with Crippen LogP contribution in [0.4, 0.5) is 0 Å². The van der Waals surface area contributed by atoms with Gasteiger partial charge >= 0.3 is 5.97 Å². The molecule has 0 spiro atoms. The number of carbonyl (C=O) groups is 1. The Morgan fingerprint density at radius 1 is 1.38 bits per heavy atom. The van der Waals surface area contributed by atoms with Gasteiger partial charge in [-0.25, -0.2) is 4.79 Å². The average Bonchev–Trinajstić information content (AvgIpc) is 2.54. The third kappa shape index (κ3) is 3.99. The topological polar surface area (TPSA) is 59.6 Å². The molecule has 24 heavy (non-hydrogen) atoms. The SMILES string of the molecule is CCCC1=C(C(=O)OCC)[C@H](c2ccc(OC)c(Cl)c2)NC(=S)N1. The van der Waals surface area contributed by atoms with E-state index in [1.54, 1.807) is 26.2 Å². The van der Waals surface area contributed by atoms with Gasteiger partial charge in [0.25, 0.3) is 0 Å². The van der Waals surface area contributed by atoms with Crippen LogP contribution in [0.3, 0.4) is 0 Å². The van der Waals surface area contributed by atoms with E-state index in [4.69, 9.17) is 33.3 Å². The van der Waals surface area contributed by atoms with Crippen molar-refractivity contribution in [3.63, 3.8) is 0 Å². The fraction of sp³-hybridized carbons (Fsp3) is 0.412. The summed E-state index contributed by atoms with van der Waals surface area (Å²) in [4.78, 5) is 12.5. The van der Waals surface area contributed by atoms with Crippen molar-refractivity contribution >= 4 is 34.9 Å². The van der Waals surface area contributed by atoms with Gasteiger partial charge in [0.05, 0.1) is 30.4 Å². The van der Waals surface area contributed by atoms with E-state index in [0.717, 1.165) is 17.7 Å². The van der Waals surface area contributed by atoms with Crippen molar-refractivity contribution in [3.05, 3.63) is 40.1 Å². The van der Waals surface area contributed by atoms with Gasteiger partial charge in [-0.05, 0) is 43.3 Å². The summed E-state index contributed by atoms with van der Waals surface area (Å²) in [6.45, 7) is 4.13. The molecule has 2 rings (SSSR count). The van der Waals surface area contributed by atoms with E-state index in [9.17, 15) is 4.79 Å². The lowest BCUT2D eigenvalue weighted by Gasteiger charge is -2.31. The second-order valence-corrected chi connectivity index (χ2v) is 6.10. The molecule has 7 heteroatoms. The van der Waals surface area contributed by atoms with E-state index >= 15 is 0 Å². The van der Waals surface area contributed by atoms with Crippen molar-refractivity contribution in [2.75, 3.05) is 13.7 Å². The van der Waals surface area contributed by atoms with Gasteiger partial charge in [-0.15, -0.1) is 0 Å². The van der Waals surface area contributed by atoms with Crippen LogP contribution in [0.1, 0.15) is 38.3 Å². The van der Waals surface area contributed by atoms with E-state index < -0.39 is 6.04 Å². The molecule has 1 aliphatic heterocycles. The maximum Gasteiger partial charge on any atom is 0.338 e. The number of halogens is 1. The Labute approximate surface area is 152 Å². The minimum atomic E-state index is -0.414. The standard InChI is InChI=1S/C17H21ClN2O3S/c1-4-6-12-14(16(21)23-5-2)15(20-17(24)19-12)10-7-8-13(22-3)11(18)9-10/h7-9,15H,4-6H2,1-3H3,(H2,19,20,24)/t15-/m0/s1. The predicted octanol–water partition coefficient (Wildman–Crippen LogP) is 3.48. The van der Waals surface area contributed by atoms with Crippen molar-refractivity contribution in [1.29, 1.82) is 0 Å². The third-order valence-corrected chi connectivity index (χ3v) is 4.17. The molecule has 0 saturated heterocycles. The third-order valence-electron chi connectivity index (χ3n) is 3.66. The highest BCUT2D eigenvalue weighted by Gasteiger charge is 2.32. The number of nitrogens with one attached hydrogen (secondary N) is 2. The summed E-state index contributed by atoms with van der Waals surface area (Å²) >= 11 is 11.5. The molecule has 130 valence electrons. The fourth-order valence-corrected chi connectivity index (χ4v) is 3.13. The maximum atomic E-state index is 12.5. The first-order valence-electron chi connectivity index (χ1n) is 7.82. The number of thiocarbonyl (C=S) groups is 1. The summed E-state index contributed by atoms with van der Waals surface area (Å²) in [6.07, 6.45) is 1.58. The van der Waals surface area contributed by atoms with Crippen LogP contribution < -0.4 is 15.4 Å².